The van der Waals surface area contributed by atoms with Gasteiger partial charge in [0, 0.05) is 19.6 Å². The van der Waals surface area contributed by atoms with Crippen molar-refractivity contribution in [3.05, 3.63) is 0 Å². The Hall–Kier alpha value is -1.14. The maximum Gasteiger partial charge on any atom is 0.325 e. The van der Waals surface area contributed by atoms with Crippen molar-refractivity contribution in [3.63, 3.8) is 0 Å². The van der Waals surface area contributed by atoms with Gasteiger partial charge in [-0.2, -0.15) is 0 Å². The number of ether oxygens (including phenoxy) is 1. The Morgan fingerprint density at radius 3 is 2.71 bits per heavy atom. The summed E-state index contributed by atoms with van der Waals surface area (Å²) in [6.07, 6.45) is 0.415. The minimum Gasteiger partial charge on any atom is -0.480 e. The van der Waals surface area contributed by atoms with Crippen LogP contribution in [0.15, 0.2) is 0 Å². The highest BCUT2D eigenvalue weighted by Gasteiger charge is 2.41. The van der Waals surface area contributed by atoms with Gasteiger partial charge in [0.15, 0.2) is 0 Å². The van der Waals surface area contributed by atoms with Gasteiger partial charge in [0.1, 0.15) is 5.54 Å². The zero-order chi connectivity index (χ0) is 13.1. The fraction of sp³-hybridized carbons (Fsp3) is 0.818. The van der Waals surface area contributed by atoms with E-state index in [1.807, 2.05) is 4.90 Å². The first-order chi connectivity index (χ1) is 7.89. The third kappa shape index (κ3) is 3.41. The van der Waals surface area contributed by atoms with Crippen LogP contribution in [0.5, 0.6) is 0 Å². The summed E-state index contributed by atoms with van der Waals surface area (Å²) in [6, 6.07) is 0. The van der Waals surface area contributed by atoms with Gasteiger partial charge < -0.3 is 15.6 Å². The van der Waals surface area contributed by atoms with E-state index < -0.39 is 11.5 Å². The lowest BCUT2D eigenvalue weighted by Crippen LogP contribution is -2.50. The molecular formula is C11H20N2O4. The summed E-state index contributed by atoms with van der Waals surface area (Å²) in [5.41, 5.74) is 4.57. The molecule has 6 heteroatoms. The van der Waals surface area contributed by atoms with Crippen molar-refractivity contribution in [3.8, 4) is 0 Å². The Bertz CT molecular complexity index is 308. The molecule has 1 aliphatic rings. The quantitative estimate of drug-likeness (QED) is 0.643. The molecule has 98 valence electrons. The van der Waals surface area contributed by atoms with Crippen molar-refractivity contribution in [2.45, 2.75) is 25.8 Å². The monoisotopic (exact) mass is 244 g/mol. The van der Waals surface area contributed by atoms with Crippen molar-refractivity contribution < 1.29 is 19.4 Å². The van der Waals surface area contributed by atoms with Gasteiger partial charge in [-0.05, 0) is 13.3 Å². The van der Waals surface area contributed by atoms with Crippen LogP contribution in [0.1, 0.15) is 20.3 Å². The van der Waals surface area contributed by atoms with Crippen molar-refractivity contribution in [1.82, 2.24) is 4.90 Å². The van der Waals surface area contributed by atoms with E-state index in [0.29, 0.717) is 26.1 Å². The topological polar surface area (TPSA) is 92.9 Å². The van der Waals surface area contributed by atoms with Crippen molar-refractivity contribution in [2.75, 3.05) is 26.2 Å². The molecule has 1 aliphatic heterocycles. The number of hydrogen-bond acceptors (Lipinski definition) is 5. The van der Waals surface area contributed by atoms with E-state index in [1.165, 1.54) is 0 Å². The summed E-state index contributed by atoms with van der Waals surface area (Å²) in [7, 11) is 0. The Kier molecular flexibility index (Phi) is 4.47. The Labute approximate surface area is 101 Å². The van der Waals surface area contributed by atoms with E-state index in [1.54, 1.807) is 13.8 Å². The van der Waals surface area contributed by atoms with Gasteiger partial charge in [-0.3, -0.25) is 14.5 Å². The van der Waals surface area contributed by atoms with Crippen molar-refractivity contribution in [1.29, 1.82) is 0 Å². The summed E-state index contributed by atoms with van der Waals surface area (Å²) in [5.74, 6) is -1.49. The molecular weight excluding hydrogens is 224 g/mol. The molecule has 2 atom stereocenters. The third-order valence-corrected chi connectivity index (χ3v) is 3.03. The number of likely N-dealkylation sites (tertiary alicyclic amines) is 1. The number of esters is 1. The lowest BCUT2D eigenvalue weighted by atomic mass is 10.0. The summed E-state index contributed by atoms with van der Waals surface area (Å²) >= 11 is 0. The largest absolute Gasteiger partial charge is 0.480 e. The molecule has 0 saturated carbocycles. The lowest BCUT2D eigenvalue weighted by Gasteiger charge is -2.22. The van der Waals surface area contributed by atoms with E-state index in [2.05, 4.69) is 0 Å². The normalized spacial score (nSPS) is 26.8. The molecule has 17 heavy (non-hydrogen) atoms. The second kappa shape index (κ2) is 5.46. The number of carbonyl (C=O) groups is 2. The summed E-state index contributed by atoms with van der Waals surface area (Å²) in [6.45, 7) is 5.27. The first-order valence-electron chi connectivity index (χ1n) is 5.80. The number of aliphatic carboxylic acids is 1. The SMILES string of the molecule is CCOC(=O)C(C)CN1CCC(N)(C(=O)O)C1. The fourth-order valence-electron chi connectivity index (χ4n) is 1.99. The standard InChI is InChI=1S/C11H20N2O4/c1-3-17-9(14)8(2)6-13-5-4-11(12,7-13)10(15)16/h8H,3-7,12H2,1-2H3,(H,15,16). The first-order valence-corrected chi connectivity index (χ1v) is 5.80. The molecule has 1 saturated heterocycles. The van der Waals surface area contributed by atoms with Crippen LogP contribution in [0.2, 0.25) is 0 Å². The second-order valence-electron chi connectivity index (χ2n) is 4.60. The van der Waals surface area contributed by atoms with Crippen LogP contribution in [-0.2, 0) is 14.3 Å². The molecule has 0 aromatic rings. The molecule has 0 radical (unpaired) electrons. The Balaban J connectivity index is 2.45. The smallest absolute Gasteiger partial charge is 0.325 e. The van der Waals surface area contributed by atoms with Gasteiger partial charge in [0.2, 0.25) is 0 Å². The highest BCUT2D eigenvalue weighted by molar-refractivity contribution is 5.79. The predicted octanol–water partition coefficient (Wildman–Crippen LogP) is -0.327. The van der Waals surface area contributed by atoms with Crippen LogP contribution < -0.4 is 5.73 Å². The van der Waals surface area contributed by atoms with Gasteiger partial charge in [-0.1, -0.05) is 6.92 Å². The van der Waals surface area contributed by atoms with Crippen LogP contribution in [0.25, 0.3) is 0 Å². The number of nitrogens with two attached hydrogens (primary N) is 1. The average molecular weight is 244 g/mol. The van der Waals surface area contributed by atoms with Crippen LogP contribution in [0.3, 0.4) is 0 Å². The highest BCUT2D eigenvalue weighted by Crippen LogP contribution is 2.20. The van der Waals surface area contributed by atoms with Gasteiger partial charge in [-0.15, -0.1) is 0 Å². The molecule has 6 nitrogen and oxygen atoms in total. The van der Waals surface area contributed by atoms with E-state index >= 15 is 0 Å². The summed E-state index contributed by atoms with van der Waals surface area (Å²) < 4.78 is 4.90. The number of rotatable bonds is 5. The van der Waals surface area contributed by atoms with Gasteiger partial charge in [0.25, 0.3) is 0 Å². The van der Waals surface area contributed by atoms with E-state index in [0.717, 1.165) is 0 Å². The molecule has 1 fully saturated rings. The first kappa shape index (κ1) is 13.9. The van der Waals surface area contributed by atoms with Gasteiger partial charge in [0.05, 0.1) is 12.5 Å². The molecule has 0 amide bonds. The number of carboxylic acid groups (broad SMARTS) is 1. The maximum atomic E-state index is 11.4. The Morgan fingerprint density at radius 1 is 1.59 bits per heavy atom. The molecule has 0 aliphatic carbocycles. The average Bonchev–Trinajstić information content (AvgIpc) is 2.62. The Morgan fingerprint density at radius 2 is 2.24 bits per heavy atom. The molecule has 0 aromatic heterocycles. The van der Waals surface area contributed by atoms with Crippen molar-refractivity contribution >= 4 is 11.9 Å². The summed E-state index contributed by atoms with van der Waals surface area (Å²) in [5, 5.41) is 8.97. The number of nitrogens with zero attached hydrogens (tertiary/aromatic N) is 1. The van der Waals surface area contributed by atoms with Crippen LogP contribution >= 0.6 is 0 Å². The molecule has 2 unspecified atom stereocenters. The number of carbonyl (C=O) groups excluding carboxylic acids is 1. The molecule has 0 aromatic carbocycles. The van der Waals surface area contributed by atoms with Gasteiger partial charge >= 0.3 is 11.9 Å². The molecule has 1 rings (SSSR count). The lowest BCUT2D eigenvalue weighted by molar-refractivity contribution is -0.147. The van der Waals surface area contributed by atoms with Crippen LogP contribution in [0, 0.1) is 5.92 Å². The van der Waals surface area contributed by atoms with E-state index in [4.69, 9.17) is 15.6 Å². The van der Waals surface area contributed by atoms with E-state index in [9.17, 15) is 9.59 Å². The minimum absolute atomic E-state index is 0.252. The second-order valence-corrected chi connectivity index (χ2v) is 4.60. The van der Waals surface area contributed by atoms with Gasteiger partial charge in [-0.25, -0.2) is 0 Å². The highest BCUT2D eigenvalue weighted by atomic mass is 16.5. The zero-order valence-corrected chi connectivity index (χ0v) is 10.3. The zero-order valence-electron chi connectivity index (χ0n) is 10.3. The molecule has 3 N–H and O–H groups in total. The van der Waals surface area contributed by atoms with E-state index in [-0.39, 0.29) is 18.4 Å². The minimum atomic E-state index is -1.17. The molecule has 0 spiro atoms. The van der Waals surface area contributed by atoms with Crippen LogP contribution in [-0.4, -0.2) is 53.7 Å². The maximum absolute atomic E-state index is 11.4. The molecule has 0 bridgehead atoms. The van der Waals surface area contributed by atoms with Crippen LogP contribution in [0.4, 0.5) is 0 Å². The molecule has 1 heterocycles. The number of hydrogen-bond donors (Lipinski definition) is 2. The fourth-order valence-corrected chi connectivity index (χ4v) is 1.99. The van der Waals surface area contributed by atoms with Crippen molar-refractivity contribution in [2.24, 2.45) is 11.7 Å². The predicted molar refractivity (Wildman–Crippen MR) is 61.4 cm³/mol. The third-order valence-electron chi connectivity index (χ3n) is 3.03. The summed E-state index contributed by atoms with van der Waals surface area (Å²) in [4.78, 5) is 24.3. The number of carboxylic acids is 1.